The van der Waals surface area contributed by atoms with Crippen LogP contribution in [0.2, 0.25) is 5.28 Å². The Morgan fingerprint density at radius 1 is 1.03 bits per heavy atom. The molecule has 2 aromatic carbocycles. The van der Waals surface area contributed by atoms with Gasteiger partial charge in [0.1, 0.15) is 11.5 Å². The second kappa shape index (κ2) is 8.26. The van der Waals surface area contributed by atoms with Crippen molar-refractivity contribution >= 4 is 44.3 Å². The summed E-state index contributed by atoms with van der Waals surface area (Å²) in [6.45, 7) is 0.375. The van der Waals surface area contributed by atoms with Gasteiger partial charge in [0, 0.05) is 27.6 Å². The lowest BCUT2D eigenvalue weighted by atomic mass is 10.1. The molecule has 0 aliphatic heterocycles. The smallest absolute Gasteiger partial charge is 0.224 e. The highest BCUT2D eigenvalue weighted by atomic mass is 79.9. The van der Waals surface area contributed by atoms with Crippen LogP contribution in [0, 0.1) is 0 Å². The van der Waals surface area contributed by atoms with Crippen LogP contribution in [0.5, 0.6) is 11.5 Å². The summed E-state index contributed by atoms with van der Waals surface area (Å²) in [6.07, 6.45) is 0. The Bertz CT molecular complexity index is 1160. The van der Waals surface area contributed by atoms with Crippen molar-refractivity contribution < 1.29 is 14.0 Å². The number of hydrogen-bond acceptors (Lipinski definition) is 7. The summed E-state index contributed by atoms with van der Waals surface area (Å²) in [5, 5.41) is 8.24. The number of methoxy groups -OCH3 is 2. The average Bonchev–Trinajstić information content (AvgIpc) is 3.20. The highest BCUT2D eigenvalue weighted by molar-refractivity contribution is 9.10. The van der Waals surface area contributed by atoms with Crippen molar-refractivity contribution in [1.29, 1.82) is 0 Å². The van der Waals surface area contributed by atoms with Gasteiger partial charge in [-0.15, -0.1) is 0 Å². The molecule has 0 amide bonds. The summed E-state index contributed by atoms with van der Waals surface area (Å²) in [7, 11) is 3.14. The SMILES string of the molecule is COc1cc2nc(Cl)nc(NCc3cc(-c4ccc(Br)cc4)no3)c2cc1OC. The molecule has 1 N–H and O–H groups in total. The first kappa shape index (κ1) is 19.5. The summed E-state index contributed by atoms with van der Waals surface area (Å²) < 4.78 is 17.2. The molecular formula is C20H16BrClN4O3. The van der Waals surface area contributed by atoms with Crippen LogP contribution in [0.4, 0.5) is 5.82 Å². The van der Waals surface area contributed by atoms with Crippen molar-refractivity contribution in [2.45, 2.75) is 6.54 Å². The molecule has 0 unspecified atom stereocenters. The molecule has 2 aromatic heterocycles. The number of nitrogens with zero attached hydrogens (tertiary/aromatic N) is 3. The second-order valence-electron chi connectivity index (χ2n) is 6.10. The molecule has 0 saturated heterocycles. The van der Waals surface area contributed by atoms with Crippen LogP contribution < -0.4 is 14.8 Å². The molecule has 29 heavy (non-hydrogen) atoms. The topological polar surface area (TPSA) is 82.3 Å². The van der Waals surface area contributed by atoms with Crippen molar-refractivity contribution in [2.75, 3.05) is 19.5 Å². The van der Waals surface area contributed by atoms with Crippen LogP contribution in [0.25, 0.3) is 22.2 Å². The first-order valence-corrected chi connectivity index (χ1v) is 9.79. The van der Waals surface area contributed by atoms with E-state index in [9.17, 15) is 0 Å². The fourth-order valence-electron chi connectivity index (χ4n) is 2.89. The Morgan fingerprint density at radius 3 is 2.48 bits per heavy atom. The zero-order chi connectivity index (χ0) is 20.4. The van der Waals surface area contributed by atoms with Gasteiger partial charge in [-0.3, -0.25) is 0 Å². The third-order valence-corrected chi connectivity index (χ3v) is 5.00. The van der Waals surface area contributed by atoms with E-state index >= 15 is 0 Å². The highest BCUT2D eigenvalue weighted by Crippen LogP contribution is 2.34. The van der Waals surface area contributed by atoms with Crippen LogP contribution in [-0.4, -0.2) is 29.3 Å². The largest absolute Gasteiger partial charge is 0.493 e. The molecule has 4 aromatic rings. The van der Waals surface area contributed by atoms with E-state index < -0.39 is 0 Å². The highest BCUT2D eigenvalue weighted by Gasteiger charge is 2.14. The maximum Gasteiger partial charge on any atom is 0.224 e. The van der Waals surface area contributed by atoms with Crippen molar-refractivity contribution in [2.24, 2.45) is 0 Å². The molecule has 0 aliphatic carbocycles. The van der Waals surface area contributed by atoms with Gasteiger partial charge >= 0.3 is 0 Å². The monoisotopic (exact) mass is 474 g/mol. The fourth-order valence-corrected chi connectivity index (χ4v) is 3.33. The zero-order valence-electron chi connectivity index (χ0n) is 15.6. The summed E-state index contributed by atoms with van der Waals surface area (Å²) in [4.78, 5) is 8.57. The number of halogens is 2. The van der Waals surface area contributed by atoms with E-state index in [1.807, 2.05) is 30.3 Å². The van der Waals surface area contributed by atoms with E-state index in [0.717, 1.165) is 21.1 Å². The summed E-state index contributed by atoms with van der Waals surface area (Å²) >= 11 is 9.52. The van der Waals surface area contributed by atoms with Crippen molar-refractivity contribution in [1.82, 2.24) is 15.1 Å². The molecule has 148 valence electrons. The molecule has 0 aliphatic rings. The quantitative estimate of drug-likeness (QED) is 0.377. The minimum atomic E-state index is 0.125. The van der Waals surface area contributed by atoms with Crippen molar-refractivity contribution in [3.8, 4) is 22.8 Å². The summed E-state index contributed by atoms with van der Waals surface area (Å²) in [5.41, 5.74) is 2.36. The normalized spacial score (nSPS) is 10.9. The van der Waals surface area contributed by atoms with Gasteiger partial charge in [0.2, 0.25) is 5.28 Å². The standard InChI is InChI=1S/C20H16BrClN4O3/c1-27-17-8-14-16(9-18(17)28-2)24-20(22)25-19(14)23-10-13-7-15(26-29-13)11-3-5-12(21)6-4-11/h3-9H,10H2,1-2H3,(H,23,24,25). The minimum Gasteiger partial charge on any atom is -0.493 e. The van der Waals surface area contributed by atoms with Gasteiger partial charge in [-0.2, -0.15) is 0 Å². The number of hydrogen-bond donors (Lipinski definition) is 1. The van der Waals surface area contributed by atoms with E-state index in [-0.39, 0.29) is 5.28 Å². The Balaban J connectivity index is 1.60. The molecule has 4 rings (SSSR count). The molecule has 9 heteroatoms. The summed E-state index contributed by atoms with van der Waals surface area (Å²) in [5.74, 6) is 2.36. The predicted molar refractivity (Wildman–Crippen MR) is 115 cm³/mol. The van der Waals surface area contributed by atoms with Crippen LogP contribution >= 0.6 is 27.5 Å². The van der Waals surface area contributed by atoms with Crippen LogP contribution in [0.1, 0.15) is 5.76 Å². The molecule has 0 atom stereocenters. The van der Waals surface area contributed by atoms with Gasteiger partial charge in [0.25, 0.3) is 0 Å². The minimum absolute atomic E-state index is 0.125. The number of anilines is 1. The lowest BCUT2D eigenvalue weighted by Crippen LogP contribution is -2.03. The zero-order valence-corrected chi connectivity index (χ0v) is 17.9. The van der Waals surface area contributed by atoms with E-state index in [2.05, 4.69) is 36.4 Å². The molecule has 0 radical (unpaired) electrons. The Hall–Kier alpha value is -2.84. The third kappa shape index (κ3) is 4.13. The maximum atomic E-state index is 6.10. The number of rotatable bonds is 6. The van der Waals surface area contributed by atoms with Crippen molar-refractivity contribution in [3.05, 3.63) is 58.0 Å². The van der Waals surface area contributed by atoms with Crippen LogP contribution in [-0.2, 0) is 6.54 Å². The average molecular weight is 476 g/mol. The molecule has 0 saturated carbocycles. The Morgan fingerprint density at radius 2 is 1.76 bits per heavy atom. The van der Waals surface area contributed by atoms with Gasteiger partial charge in [0.15, 0.2) is 17.3 Å². The van der Waals surface area contributed by atoms with Gasteiger partial charge in [-0.1, -0.05) is 33.2 Å². The molecular weight excluding hydrogens is 460 g/mol. The predicted octanol–water partition coefficient (Wildman–Crippen LogP) is 5.33. The number of aromatic nitrogens is 3. The van der Waals surface area contributed by atoms with E-state index in [1.165, 1.54) is 0 Å². The molecule has 7 nitrogen and oxygen atoms in total. The lowest BCUT2D eigenvalue weighted by Gasteiger charge is -2.12. The first-order valence-electron chi connectivity index (χ1n) is 8.62. The molecule has 0 bridgehead atoms. The third-order valence-electron chi connectivity index (χ3n) is 4.30. The van der Waals surface area contributed by atoms with Gasteiger partial charge < -0.3 is 19.3 Å². The Kier molecular flexibility index (Phi) is 5.55. The molecule has 0 spiro atoms. The number of ether oxygens (including phenoxy) is 2. The van der Waals surface area contributed by atoms with E-state index in [1.54, 1.807) is 26.4 Å². The number of fused-ring (bicyclic) bond motifs is 1. The van der Waals surface area contributed by atoms with E-state index in [4.69, 9.17) is 25.6 Å². The Labute approximate surface area is 180 Å². The molecule has 2 heterocycles. The number of benzene rings is 2. The first-order chi connectivity index (χ1) is 14.1. The van der Waals surface area contributed by atoms with E-state index in [0.29, 0.717) is 35.1 Å². The maximum absolute atomic E-state index is 6.10. The van der Waals surface area contributed by atoms with Crippen LogP contribution in [0.15, 0.2) is 51.5 Å². The summed E-state index contributed by atoms with van der Waals surface area (Å²) in [6, 6.07) is 13.3. The molecule has 0 fully saturated rings. The van der Waals surface area contributed by atoms with Gasteiger partial charge in [-0.25, -0.2) is 9.97 Å². The van der Waals surface area contributed by atoms with Gasteiger partial charge in [0.05, 0.1) is 26.3 Å². The van der Waals surface area contributed by atoms with Crippen LogP contribution in [0.3, 0.4) is 0 Å². The van der Waals surface area contributed by atoms with Gasteiger partial charge in [-0.05, 0) is 29.8 Å². The van der Waals surface area contributed by atoms with Crippen molar-refractivity contribution in [3.63, 3.8) is 0 Å². The fraction of sp³-hybridized carbons (Fsp3) is 0.150. The lowest BCUT2D eigenvalue weighted by molar-refractivity contribution is 0.356. The number of nitrogens with one attached hydrogen (secondary N) is 1. The second-order valence-corrected chi connectivity index (χ2v) is 7.36.